The summed E-state index contributed by atoms with van der Waals surface area (Å²) in [4.78, 5) is 30.8. The molecule has 2 N–H and O–H groups in total. The van der Waals surface area contributed by atoms with Gasteiger partial charge < -0.3 is 25.2 Å². The number of carbonyl (C=O) groups is 2. The second kappa shape index (κ2) is 9.12. The van der Waals surface area contributed by atoms with Gasteiger partial charge in [0.05, 0.1) is 30.5 Å². The summed E-state index contributed by atoms with van der Waals surface area (Å²) in [5, 5.41) is 7.15. The van der Waals surface area contributed by atoms with E-state index in [1.165, 1.54) is 0 Å². The Labute approximate surface area is 210 Å². The van der Waals surface area contributed by atoms with Gasteiger partial charge in [0.1, 0.15) is 0 Å². The molecule has 0 radical (unpaired) electrons. The lowest BCUT2D eigenvalue weighted by Crippen LogP contribution is -2.49. The molecule has 0 aromatic heterocycles. The molecule has 4 fully saturated rings. The van der Waals surface area contributed by atoms with Crippen LogP contribution in [0.3, 0.4) is 0 Å². The van der Waals surface area contributed by atoms with Gasteiger partial charge in [-0.15, -0.1) is 0 Å². The first kappa shape index (κ1) is 22.8. The lowest BCUT2D eigenvalue weighted by molar-refractivity contribution is -0.117. The number of rotatable bonds is 5. The maximum absolute atomic E-state index is 14.1. The Morgan fingerprint density at radius 1 is 1.11 bits per heavy atom. The molecule has 3 saturated heterocycles. The molecule has 1 atom stereocenters. The third-order valence-corrected chi connectivity index (χ3v) is 8.01. The minimum Gasteiger partial charge on any atom is -0.380 e. The molecule has 6 rings (SSSR count). The summed E-state index contributed by atoms with van der Waals surface area (Å²) in [6.45, 7) is 5.35. The van der Waals surface area contributed by atoms with Crippen molar-refractivity contribution in [3.8, 4) is 0 Å². The minimum atomic E-state index is -0.0954. The van der Waals surface area contributed by atoms with Crippen molar-refractivity contribution in [2.24, 2.45) is 11.3 Å². The van der Waals surface area contributed by atoms with Gasteiger partial charge in [-0.1, -0.05) is 23.7 Å². The second-order valence-electron chi connectivity index (χ2n) is 10.4. The van der Waals surface area contributed by atoms with Crippen molar-refractivity contribution in [2.75, 3.05) is 56.2 Å². The lowest BCUT2D eigenvalue weighted by Gasteiger charge is -2.39. The van der Waals surface area contributed by atoms with Crippen LogP contribution in [0.4, 0.5) is 11.4 Å². The molecule has 1 unspecified atom stereocenters. The number of hydrogen-bond acceptors (Lipinski definition) is 5. The Morgan fingerprint density at radius 2 is 1.97 bits per heavy atom. The number of halogens is 1. The molecule has 7 nitrogen and oxygen atoms in total. The van der Waals surface area contributed by atoms with Gasteiger partial charge in [-0.05, 0) is 55.2 Å². The zero-order chi connectivity index (χ0) is 24.0. The predicted octanol–water partition coefficient (Wildman–Crippen LogP) is 3.70. The number of nitrogens with zero attached hydrogens (tertiary/aromatic N) is 2. The molecule has 1 spiro atoms. The highest BCUT2D eigenvalue weighted by atomic mass is 35.5. The molecular formula is C27H31ClN4O3. The second-order valence-corrected chi connectivity index (χ2v) is 10.9. The van der Waals surface area contributed by atoms with E-state index >= 15 is 0 Å². The van der Waals surface area contributed by atoms with Gasteiger partial charge in [-0.25, -0.2) is 0 Å². The quantitative estimate of drug-likeness (QED) is 0.663. The van der Waals surface area contributed by atoms with E-state index in [2.05, 4.69) is 15.5 Å². The van der Waals surface area contributed by atoms with Gasteiger partial charge in [0, 0.05) is 54.8 Å². The molecule has 1 aliphatic carbocycles. The molecule has 2 aromatic carbocycles. The summed E-state index contributed by atoms with van der Waals surface area (Å²) in [5.74, 6) is 0.210. The average molecular weight is 495 g/mol. The molecule has 3 heterocycles. The number of amides is 2. The third kappa shape index (κ3) is 4.53. The van der Waals surface area contributed by atoms with Gasteiger partial charge >= 0.3 is 0 Å². The highest BCUT2D eigenvalue weighted by Gasteiger charge is 2.45. The van der Waals surface area contributed by atoms with Crippen LogP contribution in [0.1, 0.15) is 41.2 Å². The van der Waals surface area contributed by atoms with Gasteiger partial charge in [0.25, 0.3) is 5.91 Å². The van der Waals surface area contributed by atoms with Crippen molar-refractivity contribution >= 4 is 34.8 Å². The molecule has 8 heteroatoms. The maximum Gasteiger partial charge on any atom is 0.256 e. The van der Waals surface area contributed by atoms with Crippen LogP contribution in [0.25, 0.3) is 0 Å². The van der Waals surface area contributed by atoms with Crippen molar-refractivity contribution in [1.82, 2.24) is 10.2 Å². The number of piperazine rings is 1. The zero-order valence-electron chi connectivity index (χ0n) is 19.8. The van der Waals surface area contributed by atoms with Crippen molar-refractivity contribution in [3.05, 3.63) is 58.6 Å². The first-order valence-corrected chi connectivity index (χ1v) is 12.9. The average Bonchev–Trinajstić information content (AvgIpc) is 3.60. The zero-order valence-corrected chi connectivity index (χ0v) is 20.5. The molecular weight excluding hydrogens is 464 g/mol. The SMILES string of the molecule is O=C(Nc1ccc(C(=O)N2CCNCC2c2cccc(Cl)c2)c(N2CCC3(COC3)C2)c1)C1CC1. The Hall–Kier alpha value is -2.61. The number of carbonyl (C=O) groups excluding carboxylic acids is 2. The summed E-state index contributed by atoms with van der Waals surface area (Å²) in [6.07, 6.45) is 2.97. The topological polar surface area (TPSA) is 73.9 Å². The maximum atomic E-state index is 14.1. The fourth-order valence-corrected chi connectivity index (χ4v) is 5.72. The van der Waals surface area contributed by atoms with E-state index in [1.54, 1.807) is 0 Å². The Bertz CT molecular complexity index is 1150. The molecule has 1 saturated carbocycles. The Kier molecular flexibility index (Phi) is 5.95. The number of benzene rings is 2. The van der Waals surface area contributed by atoms with E-state index in [1.807, 2.05) is 47.4 Å². The molecule has 3 aliphatic heterocycles. The third-order valence-electron chi connectivity index (χ3n) is 7.78. The van der Waals surface area contributed by atoms with Crippen LogP contribution in [-0.2, 0) is 9.53 Å². The predicted molar refractivity (Wildman–Crippen MR) is 136 cm³/mol. The van der Waals surface area contributed by atoms with Crippen molar-refractivity contribution in [3.63, 3.8) is 0 Å². The van der Waals surface area contributed by atoms with Crippen LogP contribution in [0, 0.1) is 11.3 Å². The van der Waals surface area contributed by atoms with E-state index in [9.17, 15) is 9.59 Å². The number of hydrogen-bond donors (Lipinski definition) is 2. The fourth-order valence-electron chi connectivity index (χ4n) is 5.52. The van der Waals surface area contributed by atoms with Crippen LogP contribution in [0.2, 0.25) is 5.02 Å². The Balaban J connectivity index is 1.32. The summed E-state index contributed by atoms with van der Waals surface area (Å²) in [5.41, 5.74) is 3.55. The van der Waals surface area contributed by atoms with Gasteiger partial charge in [-0.3, -0.25) is 9.59 Å². The summed E-state index contributed by atoms with van der Waals surface area (Å²) < 4.78 is 5.52. The summed E-state index contributed by atoms with van der Waals surface area (Å²) in [7, 11) is 0. The van der Waals surface area contributed by atoms with Crippen LogP contribution in [0.5, 0.6) is 0 Å². The normalized spacial score (nSPS) is 23.3. The van der Waals surface area contributed by atoms with Crippen LogP contribution in [0.15, 0.2) is 42.5 Å². The first-order valence-electron chi connectivity index (χ1n) is 12.6. The number of nitrogens with one attached hydrogen (secondary N) is 2. The molecule has 2 aromatic rings. The van der Waals surface area contributed by atoms with Crippen molar-refractivity contribution in [1.29, 1.82) is 0 Å². The van der Waals surface area contributed by atoms with E-state index in [0.29, 0.717) is 23.7 Å². The van der Waals surface area contributed by atoms with E-state index in [4.69, 9.17) is 16.3 Å². The Morgan fingerprint density at radius 3 is 2.69 bits per heavy atom. The molecule has 35 heavy (non-hydrogen) atoms. The molecule has 2 amide bonds. The number of ether oxygens (including phenoxy) is 1. The highest BCUT2D eigenvalue weighted by Crippen LogP contribution is 2.41. The minimum absolute atomic E-state index is 0.0114. The molecule has 184 valence electrons. The lowest BCUT2D eigenvalue weighted by atomic mass is 9.85. The van der Waals surface area contributed by atoms with Crippen LogP contribution in [-0.4, -0.2) is 62.7 Å². The smallest absolute Gasteiger partial charge is 0.256 e. The van der Waals surface area contributed by atoms with E-state index in [0.717, 1.165) is 69.0 Å². The van der Waals surface area contributed by atoms with Gasteiger partial charge in [-0.2, -0.15) is 0 Å². The first-order chi connectivity index (χ1) is 17.0. The van der Waals surface area contributed by atoms with Crippen LogP contribution >= 0.6 is 11.6 Å². The van der Waals surface area contributed by atoms with Crippen molar-refractivity contribution in [2.45, 2.75) is 25.3 Å². The standard InChI is InChI=1S/C27H31ClN4O3/c28-20-3-1-2-19(12-20)24-14-29-9-11-32(24)26(34)22-7-6-21(30-25(33)18-4-5-18)13-23(22)31-10-8-27(15-31)16-35-17-27/h1-3,6-7,12-13,18,24,29H,4-5,8-11,14-17H2,(H,30,33). The molecule has 0 bridgehead atoms. The van der Waals surface area contributed by atoms with E-state index < -0.39 is 0 Å². The fraction of sp³-hybridized carbons (Fsp3) is 0.481. The highest BCUT2D eigenvalue weighted by molar-refractivity contribution is 6.30. The van der Waals surface area contributed by atoms with Gasteiger partial charge in [0.2, 0.25) is 5.91 Å². The monoisotopic (exact) mass is 494 g/mol. The van der Waals surface area contributed by atoms with Gasteiger partial charge in [0.15, 0.2) is 0 Å². The van der Waals surface area contributed by atoms with E-state index in [-0.39, 0.29) is 29.2 Å². The summed E-state index contributed by atoms with van der Waals surface area (Å²) in [6, 6.07) is 13.4. The molecule has 4 aliphatic rings. The van der Waals surface area contributed by atoms with Crippen LogP contribution < -0.4 is 15.5 Å². The van der Waals surface area contributed by atoms with Crippen molar-refractivity contribution < 1.29 is 14.3 Å². The number of anilines is 2. The summed E-state index contributed by atoms with van der Waals surface area (Å²) >= 11 is 6.28. The largest absolute Gasteiger partial charge is 0.380 e.